The molecule has 0 saturated carbocycles. The Morgan fingerprint density at radius 1 is 0.786 bits per heavy atom. The highest BCUT2D eigenvalue weighted by Gasteiger charge is 2.54. The predicted molar refractivity (Wildman–Crippen MR) is 149 cm³/mol. The summed E-state index contributed by atoms with van der Waals surface area (Å²) in [5, 5.41) is 2.54. The molecule has 2 amide bonds. The Kier molecular flexibility index (Phi) is 11.1. The quantitative estimate of drug-likeness (QED) is 0.0925. The van der Waals surface area contributed by atoms with Gasteiger partial charge >= 0.3 is 11.9 Å². The molecule has 1 aliphatic rings. The molecular formula is C30H29ClN2O9. The minimum atomic E-state index is -1.53. The van der Waals surface area contributed by atoms with Gasteiger partial charge in [-0.15, -0.1) is 0 Å². The molecule has 0 bridgehead atoms. The van der Waals surface area contributed by atoms with E-state index in [1.807, 2.05) is 12.1 Å². The molecule has 42 heavy (non-hydrogen) atoms. The van der Waals surface area contributed by atoms with Gasteiger partial charge in [-0.05, 0) is 29.8 Å². The second-order valence-electron chi connectivity index (χ2n) is 8.91. The zero-order valence-electron chi connectivity index (χ0n) is 22.4. The van der Waals surface area contributed by atoms with Crippen LogP contribution in [0.15, 0.2) is 91.0 Å². The molecular weight excluding hydrogens is 568 g/mol. The van der Waals surface area contributed by atoms with Gasteiger partial charge in [0.15, 0.2) is 25.5 Å². The van der Waals surface area contributed by atoms with E-state index < -0.39 is 41.5 Å². The number of para-hydroxylation sites is 2. The Bertz CT molecular complexity index is 1330. The fourth-order valence-corrected chi connectivity index (χ4v) is 4.12. The van der Waals surface area contributed by atoms with Crippen LogP contribution in [0.4, 0.5) is 0 Å². The van der Waals surface area contributed by atoms with Gasteiger partial charge < -0.3 is 29.0 Å². The van der Waals surface area contributed by atoms with Crippen LogP contribution in [-0.2, 0) is 40.0 Å². The van der Waals surface area contributed by atoms with E-state index in [4.69, 9.17) is 35.3 Å². The maximum absolute atomic E-state index is 13.0. The van der Waals surface area contributed by atoms with Gasteiger partial charge in [0.2, 0.25) is 5.50 Å². The number of benzene rings is 3. The maximum Gasteiger partial charge on any atom is 0.345 e. The van der Waals surface area contributed by atoms with E-state index in [1.54, 1.807) is 78.9 Å². The lowest BCUT2D eigenvalue weighted by atomic mass is 10.0. The highest BCUT2D eigenvalue weighted by Crippen LogP contribution is 2.27. The predicted octanol–water partition coefficient (Wildman–Crippen LogP) is 2.67. The van der Waals surface area contributed by atoms with Crippen molar-refractivity contribution in [3.63, 3.8) is 0 Å². The average molecular weight is 597 g/mol. The molecule has 220 valence electrons. The molecule has 3 aromatic carbocycles. The van der Waals surface area contributed by atoms with Crippen molar-refractivity contribution < 1.29 is 42.9 Å². The smallest absolute Gasteiger partial charge is 0.345 e. The van der Waals surface area contributed by atoms with E-state index in [9.17, 15) is 19.2 Å². The Morgan fingerprint density at radius 2 is 1.36 bits per heavy atom. The van der Waals surface area contributed by atoms with Gasteiger partial charge in [0.25, 0.3) is 11.8 Å². The Hall–Kier alpha value is -4.61. The lowest BCUT2D eigenvalue weighted by molar-refractivity contribution is -0.196. The number of hydrogen-bond donors (Lipinski definition) is 1. The van der Waals surface area contributed by atoms with E-state index in [2.05, 4.69) is 5.32 Å². The molecule has 4 rings (SSSR count). The van der Waals surface area contributed by atoms with Gasteiger partial charge in [0, 0.05) is 0 Å². The lowest BCUT2D eigenvalue weighted by Crippen LogP contribution is -2.74. The van der Waals surface area contributed by atoms with Crippen LogP contribution in [0, 0.1) is 0 Å². The van der Waals surface area contributed by atoms with E-state index >= 15 is 0 Å². The molecule has 1 saturated heterocycles. The first-order chi connectivity index (χ1) is 20.4. The number of hydrogen-bond acceptors (Lipinski definition) is 9. The van der Waals surface area contributed by atoms with Crippen molar-refractivity contribution in [2.45, 2.75) is 24.4 Å². The molecule has 0 aliphatic carbocycles. The summed E-state index contributed by atoms with van der Waals surface area (Å²) in [6, 6.07) is 25.2. The van der Waals surface area contributed by atoms with Crippen molar-refractivity contribution in [1.82, 2.24) is 10.2 Å². The van der Waals surface area contributed by atoms with Crippen LogP contribution in [0.25, 0.3) is 0 Å². The average Bonchev–Trinajstić information content (AvgIpc) is 3.03. The van der Waals surface area contributed by atoms with Crippen LogP contribution >= 0.6 is 11.6 Å². The second-order valence-corrected chi connectivity index (χ2v) is 9.32. The standard InChI is InChI=1S/C30H29ClN2O9/c31-27(30(37)42-18-21-10-4-1-5-11-21)33-28(36)26(32-24(34)19-40-22-12-6-2-7-13-22)29(33)39-17-16-38-25(35)20-41-23-14-8-3-9-15-23/h1-15,26-27,29H,16-20H2,(H,32,34)/t26-,27?,29-/m1/s1. The van der Waals surface area contributed by atoms with Gasteiger partial charge in [-0.25, -0.2) is 9.59 Å². The third kappa shape index (κ3) is 8.69. The highest BCUT2D eigenvalue weighted by molar-refractivity contribution is 6.31. The number of ether oxygens (including phenoxy) is 5. The molecule has 0 radical (unpaired) electrons. The van der Waals surface area contributed by atoms with E-state index in [-0.39, 0.29) is 33.0 Å². The van der Waals surface area contributed by atoms with Gasteiger partial charge in [-0.3, -0.25) is 14.5 Å². The SMILES string of the molecule is O=C(COc1ccccc1)N[C@@H]1C(=O)N(C(Cl)C(=O)OCc2ccccc2)[C@@H]1OCCOC(=O)COc1ccccc1. The van der Waals surface area contributed by atoms with Gasteiger partial charge in [0.1, 0.15) is 24.7 Å². The van der Waals surface area contributed by atoms with Crippen molar-refractivity contribution in [2.24, 2.45) is 0 Å². The number of likely N-dealkylation sites (tertiary alicyclic amines) is 1. The normalized spacial score (nSPS) is 16.5. The molecule has 3 atom stereocenters. The number of rotatable bonds is 15. The molecule has 0 spiro atoms. The minimum Gasteiger partial charge on any atom is -0.484 e. The van der Waals surface area contributed by atoms with Gasteiger partial charge in [-0.1, -0.05) is 78.3 Å². The van der Waals surface area contributed by atoms with Crippen LogP contribution in [0.2, 0.25) is 0 Å². The zero-order valence-corrected chi connectivity index (χ0v) is 23.2. The summed E-state index contributed by atoms with van der Waals surface area (Å²) in [6.45, 7) is -1.06. The molecule has 1 N–H and O–H groups in total. The van der Waals surface area contributed by atoms with Gasteiger partial charge in [0.05, 0.1) is 6.61 Å². The van der Waals surface area contributed by atoms with Crippen LogP contribution in [0.3, 0.4) is 0 Å². The van der Waals surface area contributed by atoms with Crippen molar-refractivity contribution >= 4 is 35.4 Å². The van der Waals surface area contributed by atoms with Crippen molar-refractivity contribution in [3.8, 4) is 11.5 Å². The monoisotopic (exact) mass is 596 g/mol. The van der Waals surface area contributed by atoms with Crippen LogP contribution in [0.1, 0.15) is 5.56 Å². The highest BCUT2D eigenvalue weighted by atomic mass is 35.5. The summed E-state index contributed by atoms with van der Waals surface area (Å²) in [4.78, 5) is 51.1. The van der Waals surface area contributed by atoms with Crippen LogP contribution in [0.5, 0.6) is 11.5 Å². The number of nitrogens with zero attached hydrogens (tertiary/aromatic N) is 1. The van der Waals surface area contributed by atoms with Crippen molar-refractivity contribution in [3.05, 3.63) is 96.6 Å². The third-order valence-electron chi connectivity index (χ3n) is 5.91. The van der Waals surface area contributed by atoms with Gasteiger partial charge in [-0.2, -0.15) is 0 Å². The molecule has 1 unspecified atom stereocenters. The fourth-order valence-electron chi connectivity index (χ4n) is 3.85. The lowest BCUT2D eigenvalue weighted by Gasteiger charge is -2.47. The summed E-state index contributed by atoms with van der Waals surface area (Å²) in [7, 11) is 0. The first-order valence-electron chi connectivity index (χ1n) is 13.0. The molecule has 0 aromatic heterocycles. The van der Waals surface area contributed by atoms with E-state index in [0.717, 1.165) is 10.5 Å². The van der Waals surface area contributed by atoms with E-state index in [0.29, 0.717) is 11.5 Å². The van der Waals surface area contributed by atoms with E-state index in [1.165, 1.54) is 0 Å². The fraction of sp³-hybridized carbons (Fsp3) is 0.267. The second kappa shape index (κ2) is 15.4. The van der Waals surface area contributed by atoms with Crippen LogP contribution < -0.4 is 14.8 Å². The summed E-state index contributed by atoms with van der Waals surface area (Å²) in [5.74, 6) is -1.76. The number of carbonyl (C=O) groups is 4. The molecule has 1 fully saturated rings. The first-order valence-corrected chi connectivity index (χ1v) is 13.4. The summed E-state index contributed by atoms with van der Waals surface area (Å²) in [6.07, 6.45) is -1.13. The van der Waals surface area contributed by atoms with Crippen molar-refractivity contribution in [2.75, 3.05) is 26.4 Å². The number of esters is 2. The minimum absolute atomic E-state index is 0.0472. The number of halogens is 1. The third-order valence-corrected chi connectivity index (χ3v) is 6.30. The topological polar surface area (TPSA) is 130 Å². The molecule has 11 nitrogen and oxygen atoms in total. The largest absolute Gasteiger partial charge is 0.484 e. The summed E-state index contributed by atoms with van der Waals surface area (Å²) < 4.78 is 26.9. The number of amides is 2. The Labute approximate surface area is 247 Å². The Morgan fingerprint density at radius 3 is 1.98 bits per heavy atom. The molecule has 1 aliphatic heterocycles. The number of alkyl halides is 1. The van der Waals surface area contributed by atoms with Crippen molar-refractivity contribution in [1.29, 1.82) is 0 Å². The maximum atomic E-state index is 13.0. The number of nitrogens with one attached hydrogen (secondary N) is 1. The number of β-lactam (4-membered cyclic amide) rings is 1. The number of carbonyl (C=O) groups excluding carboxylic acids is 4. The first kappa shape index (κ1) is 30.4. The zero-order chi connectivity index (χ0) is 29.7. The summed E-state index contributed by atoms with van der Waals surface area (Å²) >= 11 is 6.31. The summed E-state index contributed by atoms with van der Waals surface area (Å²) in [5.41, 5.74) is -0.791. The Balaban J connectivity index is 1.30. The van der Waals surface area contributed by atoms with Crippen LogP contribution in [-0.4, -0.2) is 72.9 Å². The molecule has 12 heteroatoms. The molecule has 3 aromatic rings. The molecule has 1 heterocycles.